The number of nitrogens with one attached hydrogen (secondary N) is 1. The van der Waals surface area contributed by atoms with Gasteiger partial charge in [-0.2, -0.15) is 0 Å². The van der Waals surface area contributed by atoms with E-state index in [1.165, 1.54) is 44.9 Å². The number of hydrogen-bond acceptors (Lipinski definition) is 4. The molecule has 0 aromatic heterocycles. The average molecular weight is 365 g/mol. The van der Waals surface area contributed by atoms with Crippen molar-refractivity contribution in [1.82, 2.24) is 5.32 Å². The first-order chi connectivity index (χ1) is 12.4. The molecule has 4 heteroatoms. The maximum atomic E-state index is 11.4. The molecule has 4 fully saturated rings. The van der Waals surface area contributed by atoms with Crippen molar-refractivity contribution in [3.8, 4) is 0 Å². The lowest BCUT2D eigenvalue weighted by atomic mass is 9.44. The molecule has 0 amide bonds. The normalized spacial score (nSPS) is 53.7. The fourth-order valence-corrected chi connectivity index (χ4v) is 8.15. The van der Waals surface area contributed by atoms with Gasteiger partial charge in [0.1, 0.15) is 0 Å². The Morgan fingerprint density at radius 3 is 2.65 bits per heavy atom. The number of ether oxygens (including phenoxy) is 1. The Bertz CT molecular complexity index is 514. The molecule has 4 aliphatic carbocycles. The number of fused-ring (bicyclic) bond motifs is 5. The van der Waals surface area contributed by atoms with E-state index in [2.05, 4.69) is 19.2 Å². The van der Waals surface area contributed by atoms with Crippen LogP contribution in [0.3, 0.4) is 0 Å². The molecule has 4 rings (SSSR count). The van der Waals surface area contributed by atoms with Gasteiger partial charge in [0.25, 0.3) is 0 Å². The zero-order chi connectivity index (χ0) is 18.5. The molecule has 0 aromatic rings. The smallest absolute Gasteiger partial charge is 0.0582 e. The quantitative estimate of drug-likeness (QED) is 0.717. The minimum absolute atomic E-state index is 0.145. The molecule has 9 atom stereocenters. The van der Waals surface area contributed by atoms with Crippen molar-refractivity contribution in [2.45, 2.75) is 83.5 Å². The van der Waals surface area contributed by atoms with Crippen LogP contribution in [0.1, 0.15) is 65.2 Å². The molecule has 150 valence electrons. The van der Waals surface area contributed by atoms with Crippen LogP contribution in [0.4, 0.5) is 0 Å². The van der Waals surface area contributed by atoms with E-state index < -0.39 is 0 Å². The van der Waals surface area contributed by atoms with Crippen molar-refractivity contribution in [3.63, 3.8) is 0 Å². The minimum atomic E-state index is -0.145. The van der Waals surface area contributed by atoms with Crippen LogP contribution >= 0.6 is 0 Å². The SMILES string of the molecule is COC1CC[C@@]2(C)[C@@H](CC[C@@H]3[C@@H]2[C@@H](O)C[C@]2(C)[C@@H](NCCN)CC[C@@H]32)C1. The number of aliphatic hydroxyl groups excluding tert-OH is 1. The Balaban J connectivity index is 1.57. The molecule has 0 radical (unpaired) electrons. The van der Waals surface area contributed by atoms with Crippen molar-refractivity contribution in [3.05, 3.63) is 0 Å². The van der Waals surface area contributed by atoms with E-state index in [9.17, 15) is 5.11 Å². The second-order valence-corrected chi connectivity index (χ2v) is 10.4. The van der Waals surface area contributed by atoms with Crippen molar-refractivity contribution in [2.75, 3.05) is 20.2 Å². The van der Waals surface area contributed by atoms with Crippen molar-refractivity contribution < 1.29 is 9.84 Å². The Morgan fingerprint density at radius 2 is 1.92 bits per heavy atom. The Hall–Kier alpha value is -0.160. The average Bonchev–Trinajstić information content (AvgIpc) is 2.94. The lowest BCUT2D eigenvalue weighted by Gasteiger charge is -2.62. The van der Waals surface area contributed by atoms with Crippen molar-refractivity contribution >= 4 is 0 Å². The summed E-state index contributed by atoms with van der Waals surface area (Å²) in [5, 5.41) is 15.1. The molecule has 0 aromatic carbocycles. The van der Waals surface area contributed by atoms with Gasteiger partial charge >= 0.3 is 0 Å². The molecule has 0 spiro atoms. The first-order valence-corrected chi connectivity index (χ1v) is 11.1. The summed E-state index contributed by atoms with van der Waals surface area (Å²) < 4.78 is 5.70. The predicted molar refractivity (Wildman–Crippen MR) is 105 cm³/mol. The number of rotatable bonds is 4. The van der Waals surface area contributed by atoms with Crippen LogP contribution < -0.4 is 11.1 Å². The second kappa shape index (κ2) is 7.02. The van der Waals surface area contributed by atoms with Gasteiger partial charge in [-0.3, -0.25) is 0 Å². The first kappa shape index (κ1) is 19.2. The van der Waals surface area contributed by atoms with Crippen molar-refractivity contribution in [1.29, 1.82) is 0 Å². The summed E-state index contributed by atoms with van der Waals surface area (Å²) in [5.41, 5.74) is 6.29. The molecular weight excluding hydrogens is 324 g/mol. The molecule has 4 saturated carbocycles. The molecule has 0 heterocycles. The molecule has 4 aliphatic rings. The van der Waals surface area contributed by atoms with Crippen LogP contribution in [-0.2, 0) is 4.74 Å². The van der Waals surface area contributed by atoms with Gasteiger partial charge in [0, 0.05) is 26.2 Å². The summed E-state index contributed by atoms with van der Waals surface area (Å²) in [4.78, 5) is 0. The standard InChI is InChI=1S/C22H40N2O2/c1-21-9-8-15(26-3)12-14(21)4-5-16-17-6-7-19(24-11-10-23)22(17,2)13-18(25)20(16)21/h14-20,24-25H,4-13,23H2,1-3H3/t14-,15?,16-,17-,18-,19-,20+,21-,22-/m0/s1. The topological polar surface area (TPSA) is 67.5 Å². The van der Waals surface area contributed by atoms with Crippen LogP contribution in [0.2, 0.25) is 0 Å². The van der Waals surface area contributed by atoms with Gasteiger partial charge in [-0.1, -0.05) is 13.8 Å². The van der Waals surface area contributed by atoms with Crippen LogP contribution in [0.15, 0.2) is 0 Å². The Kier molecular flexibility index (Phi) is 5.18. The van der Waals surface area contributed by atoms with Crippen LogP contribution in [0, 0.1) is 34.5 Å². The van der Waals surface area contributed by atoms with Gasteiger partial charge in [-0.05, 0) is 85.9 Å². The summed E-state index contributed by atoms with van der Waals surface area (Å²) in [6.45, 7) is 6.56. The van der Waals surface area contributed by atoms with Crippen LogP contribution in [0.5, 0.6) is 0 Å². The van der Waals surface area contributed by atoms with Gasteiger partial charge in [0.2, 0.25) is 0 Å². The number of methoxy groups -OCH3 is 1. The highest BCUT2D eigenvalue weighted by Gasteiger charge is 2.62. The number of nitrogens with two attached hydrogens (primary N) is 1. The third-order valence-electron chi connectivity index (χ3n) is 9.41. The van der Waals surface area contributed by atoms with Gasteiger partial charge in [-0.25, -0.2) is 0 Å². The highest BCUT2D eigenvalue weighted by Crippen LogP contribution is 2.66. The third-order valence-corrected chi connectivity index (χ3v) is 9.41. The molecule has 0 aliphatic heterocycles. The second-order valence-electron chi connectivity index (χ2n) is 10.4. The summed E-state index contributed by atoms with van der Waals surface area (Å²) in [7, 11) is 1.87. The molecule has 4 nitrogen and oxygen atoms in total. The summed E-state index contributed by atoms with van der Waals surface area (Å²) in [6, 6.07) is 0.529. The largest absolute Gasteiger partial charge is 0.393 e. The molecule has 0 saturated heterocycles. The number of aliphatic hydroxyl groups is 1. The van der Waals surface area contributed by atoms with E-state index in [1.54, 1.807) is 0 Å². The zero-order valence-corrected chi connectivity index (χ0v) is 17.0. The monoisotopic (exact) mass is 364 g/mol. The summed E-state index contributed by atoms with van der Waals surface area (Å²) in [6.07, 6.45) is 10.1. The van der Waals surface area contributed by atoms with Crippen LogP contribution in [0.25, 0.3) is 0 Å². The van der Waals surface area contributed by atoms with E-state index in [0.29, 0.717) is 35.9 Å². The number of hydrogen-bond donors (Lipinski definition) is 3. The van der Waals surface area contributed by atoms with Gasteiger partial charge in [-0.15, -0.1) is 0 Å². The molecule has 26 heavy (non-hydrogen) atoms. The highest BCUT2D eigenvalue weighted by atomic mass is 16.5. The van der Waals surface area contributed by atoms with Gasteiger partial charge in [0.15, 0.2) is 0 Å². The summed E-state index contributed by atoms with van der Waals surface area (Å²) >= 11 is 0. The van der Waals surface area contributed by atoms with Crippen molar-refractivity contribution in [2.24, 2.45) is 40.2 Å². The fourth-order valence-electron chi connectivity index (χ4n) is 8.15. The maximum absolute atomic E-state index is 11.4. The minimum Gasteiger partial charge on any atom is -0.393 e. The zero-order valence-electron chi connectivity index (χ0n) is 17.0. The first-order valence-electron chi connectivity index (χ1n) is 11.1. The van der Waals surface area contributed by atoms with E-state index >= 15 is 0 Å². The summed E-state index contributed by atoms with van der Waals surface area (Å²) in [5.74, 6) is 2.69. The van der Waals surface area contributed by atoms with Gasteiger partial charge in [0.05, 0.1) is 12.2 Å². The van der Waals surface area contributed by atoms with E-state index in [4.69, 9.17) is 10.5 Å². The lowest BCUT2D eigenvalue weighted by Crippen LogP contribution is -2.60. The predicted octanol–water partition coefficient (Wildman–Crippen LogP) is 2.93. The van der Waals surface area contributed by atoms with E-state index in [0.717, 1.165) is 24.8 Å². The van der Waals surface area contributed by atoms with E-state index in [1.807, 2.05) is 7.11 Å². The van der Waals surface area contributed by atoms with Gasteiger partial charge < -0.3 is 20.9 Å². The van der Waals surface area contributed by atoms with Crippen LogP contribution in [-0.4, -0.2) is 43.6 Å². The Labute approximate surface area is 159 Å². The van der Waals surface area contributed by atoms with E-state index in [-0.39, 0.29) is 11.5 Å². The molecule has 1 unspecified atom stereocenters. The molecule has 0 bridgehead atoms. The highest BCUT2D eigenvalue weighted by molar-refractivity contribution is 5.13. The fraction of sp³-hybridized carbons (Fsp3) is 1.00. The maximum Gasteiger partial charge on any atom is 0.0582 e. The molecular formula is C22H40N2O2. The molecule has 4 N–H and O–H groups in total. The Morgan fingerprint density at radius 1 is 1.12 bits per heavy atom. The lowest BCUT2D eigenvalue weighted by molar-refractivity contribution is -0.176. The third kappa shape index (κ3) is 2.78.